The van der Waals surface area contributed by atoms with E-state index in [4.69, 9.17) is 0 Å². The van der Waals surface area contributed by atoms with Crippen LogP contribution in [0.1, 0.15) is 12.0 Å². The molecule has 0 bridgehead atoms. The second-order valence-electron chi connectivity index (χ2n) is 4.15. The van der Waals surface area contributed by atoms with Gasteiger partial charge in [-0.2, -0.15) is 0 Å². The van der Waals surface area contributed by atoms with E-state index in [1.165, 1.54) is 22.1 Å². The van der Waals surface area contributed by atoms with Crippen molar-refractivity contribution >= 4 is 21.6 Å². The molecule has 1 aliphatic rings. The van der Waals surface area contributed by atoms with Crippen molar-refractivity contribution in [3.8, 4) is 0 Å². The van der Waals surface area contributed by atoms with Gasteiger partial charge in [-0.3, -0.25) is 0 Å². The first kappa shape index (κ1) is 11.0. The second kappa shape index (κ2) is 4.54. The lowest BCUT2D eigenvalue weighted by molar-refractivity contribution is 0.617. The predicted octanol–water partition coefficient (Wildman–Crippen LogP) is 2.56. The molecule has 1 unspecified atom stereocenters. The van der Waals surface area contributed by atoms with Crippen molar-refractivity contribution in [2.45, 2.75) is 19.4 Å². The minimum atomic E-state index is 0.644. The van der Waals surface area contributed by atoms with Crippen LogP contribution in [-0.4, -0.2) is 26.2 Å². The van der Waals surface area contributed by atoms with E-state index in [0.717, 1.165) is 13.1 Å². The summed E-state index contributed by atoms with van der Waals surface area (Å²) in [6.07, 6.45) is 1.24. The molecule has 1 aromatic carbocycles. The third kappa shape index (κ3) is 2.34. The Kier molecular flexibility index (Phi) is 3.32. The van der Waals surface area contributed by atoms with Crippen molar-refractivity contribution in [1.29, 1.82) is 0 Å². The summed E-state index contributed by atoms with van der Waals surface area (Å²) >= 11 is 3.58. The highest BCUT2D eigenvalue weighted by Gasteiger charge is 2.21. The SMILES string of the molecule is CNC1CCN(c2ccc(C)c(Br)c2)C1. The summed E-state index contributed by atoms with van der Waals surface area (Å²) in [5.74, 6) is 0. The summed E-state index contributed by atoms with van der Waals surface area (Å²) in [4.78, 5) is 2.44. The van der Waals surface area contributed by atoms with Crippen LogP contribution in [0.25, 0.3) is 0 Å². The van der Waals surface area contributed by atoms with E-state index >= 15 is 0 Å². The zero-order valence-electron chi connectivity index (χ0n) is 9.26. The molecule has 1 N–H and O–H groups in total. The highest BCUT2D eigenvalue weighted by atomic mass is 79.9. The Balaban J connectivity index is 2.13. The predicted molar refractivity (Wildman–Crippen MR) is 68.6 cm³/mol. The first-order chi connectivity index (χ1) is 7.20. The summed E-state index contributed by atoms with van der Waals surface area (Å²) < 4.78 is 1.20. The number of anilines is 1. The lowest BCUT2D eigenvalue weighted by atomic mass is 10.2. The molecule has 3 heteroatoms. The molecule has 0 aliphatic carbocycles. The normalized spacial score (nSPS) is 21.0. The summed E-state index contributed by atoms with van der Waals surface area (Å²) in [6, 6.07) is 7.24. The van der Waals surface area contributed by atoms with Crippen molar-refractivity contribution in [3.05, 3.63) is 28.2 Å². The maximum atomic E-state index is 3.58. The number of hydrogen-bond donors (Lipinski definition) is 1. The zero-order valence-corrected chi connectivity index (χ0v) is 10.8. The average Bonchev–Trinajstić information content (AvgIpc) is 2.70. The summed E-state index contributed by atoms with van der Waals surface area (Å²) in [5, 5.41) is 3.34. The van der Waals surface area contributed by atoms with E-state index in [0.29, 0.717) is 6.04 Å². The molecule has 1 fully saturated rings. The van der Waals surface area contributed by atoms with Gasteiger partial charge in [0, 0.05) is 29.3 Å². The Morgan fingerprint density at radius 3 is 2.87 bits per heavy atom. The van der Waals surface area contributed by atoms with Crippen LogP contribution in [0.3, 0.4) is 0 Å². The number of rotatable bonds is 2. The topological polar surface area (TPSA) is 15.3 Å². The average molecular weight is 269 g/mol. The van der Waals surface area contributed by atoms with E-state index in [9.17, 15) is 0 Å². The van der Waals surface area contributed by atoms with Crippen LogP contribution in [0.15, 0.2) is 22.7 Å². The molecular formula is C12H17BrN2. The van der Waals surface area contributed by atoms with Crippen LogP contribution in [0, 0.1) is 6.92 Å². The van der Waals surface area contributed by atoms with Gasteiger partial charge < -0.3 is 10.2 Å². The maximum absolute atomic E-state index is 3.58. The molecule has 0 saturated carbocycles. The van der Waals surface area contributed by atoms with Gasteiger partial charge >= 0.3 is 0 Å². The van der Waals surface area contributed by atoms with Crippen LogP contribution < -0.4 is 10.2 Å². The zero-order chi connectivity index (χ0) is 10.8. The Bertz CT molecular complexity index is 351. The summed E-state index contributed by atoms with van der Waals surface area (Å²) in [5.41, 5.74) is 2.62. The Labute approximate surface area is 99.8 Å². The first-order valence-corrected chi connectivity index (χ1v) is 6.18. The second-order valence-corrected chi connectivity index (χ2v) is 5.01. The molecule has 2 nitrogen and oxygen atoms in total. The third-order valence-electron chi connectivity index (χ3n) is 3.12. The number of halogens is 1. The molecule has 15 heavy (non-hydrogen) atoms. The van der Waals surface area contributed by atoms with E-state index in [1.807, 2.05) is 7.05 Å². The molecule has 1 aliphatic heterocycles. The number of aryl methyl sites for hydroxylation is 1. The van der Waals surface area contributed by atoms with Gasteiger partial charge in [-0.15, -0.1) is 0 Å². The van der Waals surface area contributed by atoms with Crippen molar-refractivity contribution in [2.24, 2.45) is 0 Å². The number of likely N-dealkylation sites (N-methyl/N-ethyl adjacent to an activating group) is 1. The Morgan fingerprint density at radius 1 is 1.47 bits per heavy atom. The molecule has 0 spiro atoms. The molecule has 1 atom stereocenters. The number of nitrogens with one attached hydrogen (secondary N) is 1. The van der Waals surface area contributed by atoms with Crippen LogP contribution in [0.4, 0.5) is 5.69 Å². The standard InChI is InChI=1S/C12H17BrN2/c1-9-3-4-11(7-12(9)13)15-6-5-10(8-15)14-2/h3-4,7,10,14H,5-6,8H2,1-2H3. The molecule has 0 radical (unpaired) electrons. The van der Waals surface area contributed by atoms with E-state index in [-0.39, 0.29) is 0 Å². The maximum Gasteiger partial charge on any atom is 0.0378 e. The summed E-state index contributed by atoms with van der Waals surface area (Å²) in [6.45, 7) is 4.39. The molecule has 1 heterocycles. The van der Waals surface area contributed by atoms with Crippen LogP contribution >= 0.6 is 15.9 Å². The van der Waals surface area contributed by atoms with Crippen molar-refractivity contribution in [3.63, 3.8) is 0 Å². The third-order valence-corrected chi connectivity index (χ3v) is 3.97. The van der Waals surface area contributed by atoms with Crippen LogP contribution in [0.5, 0.6) is 0 Å². The van der Waals surface area contributed by atoms with E-state index < -0.39 is 0 Å². The fraction of sp³-hybridized carbons (Fsp3) is 0.500. The summed E-state index contributed by atoms with van der Waals surface area (Å²) in [7, 11) is 2.04. The lowest BCUT2D eigenvalue weighted by Crippen LogP contribution is -2.29. The van der Waals surface area contributed by atoms with Gasteiger partial charge in [-0.1, -0.05) is 22.0 Å². The monoisotopic (exact) mass is 268 g/mol. The molecule has 2 rings (SSSR count). The van der Waals surface area contributed by atoms with Crippen LogP contribution in [0.2, 0.25) is 0 Å². The lowest BCUT2D eigenvalue weighted by Gasteiger charge is -2.19. The minimum Gasteiger partial charge on any atom is -0.370 e. The van der Waals surface area contributed by atoms with Gasteiger partial charge in [0.25, 0.3) is 0 Å². The molecular weight excluding hydrogens is 252 g/mol. The molecule has 0 amide bonds. The fourth-order valence-electron chi connectivity index (χ4n) is 2.01. The van der Waals surface area contributed by atoms with Crippen LogP contribution in [-0.2, 0) is 0 Å². The molecule has 82 valence electrons. The number of benzene rings is 1. The smallest absolute Gasteiger partial charge is 0.0378 e. The van der Waals surface area contributed by atoms with Crippen molar-refractivity contribution in [2.75, 3.05) is 25.0 Å². The molecule has 1 aromatic rings. The van der Waals surface area contributed by atoms with Crippen molar-refractivity contribution < 1.29 is 0 Å². The van der Waals surface area contributed by atoms with Gasteiger partial charge in [0.2, 0.25) is 0 Å². The number of nitrogens with zero attached hydrogens (tertiary/aromatic N) is 1. The van der Waals surface area contributed by atoms with Gasteiger partial charge in [-0.25, -0.2) is 0 Å². The van der Waals surface area contributed by atoms with E-state index in [2.05, 4.69) is 51.3 Å². The van der Waals surface area contributed by atoms with E-state index in [1.54, 1.807) is 0 Å². The minimum absolute atomic E-state index is 0.644. The Morgan fingerprint density at radius 2 is 2.27 bits per heavy atom. The Hall–Kier alpha value is -0.540. The highest BCUT2D eigenvalue weighted by molar-refractivity contribution is 9.10. The van der Waals surface area contributed by atoms with Gasteiger partial charge in [0.05, 0.1) is 0 Å². The molecule has 1 saturated heterocycles. The molecule has 0 aromatic heterocycles. The fourth-order valence-corrected chi connectivity index (χ4v) is 2.38. The van der Waals surface area contributed by atoms with Gasteiger partial charge in [-0.05, 0) is 38.1 Å². The largest absolute Gasteiger partial charge is 0.370 e. The number of hydrogen-bond acceptors (Lipinski definition) is 2. The first-order valence-electron chi connectivity index (χ1n) is 5.39. The van der Waals surface area contributed by atoms with Crippen molar-refractivity contribution in [1.82, 2.24) is 5.32 Å². The van der Waals surface area contributed by atoms with Gasteiger partial charge in [0.1, 0.15) is 0 Å². The highest BCUT2D eigenvalue weighted by Crippen LogP contribution is 2.26. The van der Waals surface area contributed by atoms with Gasteiger partial charge in [0.15, 0.2) is 0 Å². The quantitative estimate of drug-likeness (QED) is 0.887.